The van der Waals surface area contributed by atoms with Crippen molar-refractivity contribution in [1.82, 2.24) is 14.9 Å². The Bertz CT molecular complexity index is 1090. The molecule has 0 spiro atoms. The van der Waals surface area contributed by atoms with Crippen LogP contribution in [-0.4, -0.2) is 28.6 Å². The van der Waals surface area contributed by atoms with E-state index in [0.717, 1.165) is 35.1 Å². The summed E-state index contributed by atoms with van der Waals surface area (Å²) < 4.78 is 7.89. The molecule has 0 unspecified atom stereocenters. The lowest BCUT2D eigenvalue weighted by Crippen LogP contribution is -2.30. The summed E-state index contributed by atoms with van der Waals surface area (Å²) >= 11 is 0. The van der Waals surface area contributed by atoms with Gasteiger partial charge in [0.15, 0.2) is 6.61 Å². The molecule has 0 atom stereocenters. The number of imidazole rings is 1. The summed E-state index contributed by atoms with van der Waals surface area (Å²) in [5.74, 6) is 0.585. The van der Waals surface area contributed by atoms with Gasteiger partial charge in [0.2, 0.25) is 0 Å². The van der Waals surface area contributed by atoms with Gasteiger partial charge in [-0.3, -0.25) is 4.79 Å². The Labute approximate surface area is 170 Å². The second kappa shape index (κ2) is 9.06. The van der Waals surface area contributed by atoms with E-state index >= 15 is 0 Å². The third-order valence-electron chi connectivity index (χ3n) is 4.76. The SMILES string of the molecule is O=C(COc1ccccc1-c1ccccc1)NCCCn1cnc2ccccc21. The summed E-state index contributed by atoms with van der Waals surface area (Å²) in [7, 11) is 0. The van der Waals surface area contributed by atoms with Gasteiger partial charge in [-0.25, -0.2) is 4.98 Å². The van der Waals surface area contributed by atoms with E-state index in [9.17, 15) is 4.79 Å². The second-order valence-electron chi connectivity index (χ2n) is 6.78. The highest BCUT2D eigenvalue weighted by Crippen LogP contribution is 2.29. The zero-order valence-corrected chi connectivity index (χ0v) is 16.1. The second-order valence-corrected chi connectivity index (χ2v) is 6.78. The molecular formula is C24H23N3O2. The van der Waals surface area contributed by atoms with Crippen molar-refractivity contribution in [3.63, 3.8) is 0 Å². The first-order valence-corrected chi connectivity index (χ1v) is 9.75. The van der Waals surface area contributed by atoms with Gasteiger partial charge < -0.3 is 14.6 Å². The van der Waals surface area contributed by atoms with Crippen molar-refractivity contribution in [2.24, 2.45) is 0 Å². The quantitative estimate of drug-likeness (QED) is 0.461. The molecule has 0 aliphatic carbocycles. The average molecular weight is 385 g/mol. The average Bonchev–Trinajstić information content (AvgIpc) is 3.19. The normalized spacial score (nSPS) is 10.8. The van der Waals surface area contributed by atoms with Crippen LogP contribution in [0.1, 0.15) is 6.42 Å². The van der Waals surface area contributed by atoms with E-state index in [4.69, 9.17) is 4.74 Å². The number of aromatic nitrogens is 2. The maximum Gasteiger partial charge on any atom is 0.257 e. The van der Waals surface area contributed by atoms with Crippen molar-refractivity contribution in [3.05, 3.63) is 85.2 Å². The number of ether oxygens (including phenoxy) is 1. The zero-order chi connectivity index (χ0) is 19.9. The number of carbonyl (C=O) groups is 1. The van der Waals surface area contributed by atoms with Crippen LogP contribution in [0.2, 0.25) is 0 Å². The Morgan fingerprint density at radius 1 is 0.931 bits per heavy atom. The van der Waals surface area contributed by atoms with E-state index in [2.05, 4.69) is 20.9 Å². The molecule has 0 bridgehead atoms. The van der Waals surface area contributed by atoms with Crippen LogP contribution in [0, 0.1) is 0 Å². The smallest absolute Gasteiger partial charge is 0.257 e. The lowest BCUT2D eigenvalue weighted by Gasteiger charge is -2.12. The summed E-state index contributed by atoms with van der Waals surface area (Å²) in [6.07, 6.45) is 2.67. The topological polar surface area (TPSA) is 56.1 Å². The van der Waals surface area contributed by atoms with Crippen LogP contribution in [0.5, 0.6) is 5.75 Å². The van der Waals surface area contributed by atoms with Crippen molar-refractivity contribution in [2.75, 3.05) is 13.2 Å². The number of nitrogens with one attached hydrogen (secondary N) is 1. The lowest BCUT2D eigenvalue weighted by molar-refractivity contribution is -0.123. The number of rotatable bonds is 8. The Kier molecular flexibility index (Phi) is 5.86. The third-order valence-corrected chi connectivity index (χ3v) is 4.76. The largest absolute Gasteiger partial charge is 0.483 e. The minimum atomic E-state index is -0.122. The summed E-state index contributed by atoms with van der Waals surface area (Å²) in [5.41, 5.74) is 4.14. The van der Waals surface area contributed by atoms with E-state index < -0.39 is 0 Å². The predicted molar refractivity (Wildman–Crippen MR) is 115 cm³/mol. The van der Waals surface area contributed by atoms with E-state index in [1.807, 2.05) is 79.1 Å². The molecule has 1 amide bonds. The van der Waals surface area contributed by atoms with Crippen molar-refractivity contribution in [1.29, 1.82) is 0 Å². The third kappa shape index (κ3) is 4.63. The fourth-order valence-corrected chi connectivity index (χ4v) is 3.31. The fourth-order valence-electron chi connectivity index (χ4n) is 3.31. The van der Waals surface area contributed by atoms with Gasteiger partial charge in [-0.2, -0.15) is 0 Å². The molecule has 5 heteroatoms. The van der Waals surface area contributed by atoms with Crippen molar-refractivity contribution in [3.8, 4) is 16.9 Å². The first-order valence-electron chi connectivity index (χ1n) is 9.75. The molecule has 1 heterocycles. The fraction of sp³-hybridized carbons (Fsp3) is 0.167. The van der Waals surface area contributed by atoms with Crippen LogP contribution < -0.4 is 10.1 Å². The van der Waals surface area contributed by atoms with Gasteiger partial charge in [-0.1, -0.05) is 60.7 Å². The molecule has 0 fully saturated rings. The first-order chi connectivity index (χ1) is 14.3. The van der Waals surface area contributed by atoms with Crippen LogP contribution in [-0.2, 0) is 11.3 Å². The standard InChI is InChI=1S/C24H23N3O2/c28-24(25-15-8-16-27-18-26-21-12-5-6-13-22(21)27)17-29-23-14-7-4-11-20(23)19-9-2-1-3-10-19/h1-7,9-14,18H,8,15-17H2,(H,25,28). The molecule has 0 saturated heterocycles. The molecule has 0 saturated carbocycles. The van der Waals surface area contributed by atoms with Crippen LogP contribution in [0.15, 0.2) is 85.2 Å². The van der Waals surface area contributed by atoms with Crippen LogP contribution in [0.3, 0.4) is 0 Å². The zero-order valence-electron chi connectivity index (χ0n) is 16.1. The highest BCUT2D eigenvalue weighted by atomic mass is 16.5. The number of carbonyl (C=O) groups excluding carboxylic acids is 1. The van der Waals surface area contributed by atoms with Crippen LogP contribution in [0.4, 0.5) is 0 Å². The van der Waals surface area contributed by atoms with Crippen molar-refractivity contribution in [2.45, 2.75) is 13.0 Å². The van der Waals surface area contributed by atoms with Gasteiger partial charge in [-0.05, 0) is 30.2 Å². The molecule has 4 rings (SSSR count). The summed E-state index contributed by atoms with van der Waals surface area (Å²) in [6.45, 7) is 1.39. The highest BCUT2D eigenvalue weighted by Gasteiger charge is 2.08. The van der Waals surface area contributed by atoms with E-state index in [1.165, 1.54) is 0 Å². The molecule has 0 radical (unpaired) electrons. The predicted octanol–water partition coefficient (Wildman–Crippen LogP) is 4.29. The molecule has 0 aliphatic rings. The van der Waals surface area contributed by atoms with E-state index in [-0.39, 0.29) is 12.5 Å². The Balaban J connectivity index is 1.26. The summed E-state index contributed by atoms with van der Waals surface area (Å²) in [5, 5.41) is 2.92. The van der Waals surface area contributed by atoms with Crippen molar-refractivity contribution >= 4 is 16.9 Å². The number of para-hydroxylation sites is 3. The highest BCUT2D eigenvalue weighted by molar-refractivity contribution is 5.78. The van der Waals surface area contributed by atoms with Gasteiger partial charge >= 0.3 is 0 Å². The number of amides is 1. The number of benzene rings is 3. The molecule has 0 aliphatic heterocycles. The summed E-state index contributed by atoms with van der Waals surface area (Å²) in [4.78, 5) is 16.6. The van der Waals surface area contributed by atoms with Gasteiger partial charge in [0.25, 0.3) is 5.91 Å². The number of hydrogen-bond acceptors (Lipinski definition) is 3. The molecule has 1 N–H and O–H groups in total. The number of hydrogen-bond donors (Lipinski definition) is 1. The van der Waals surface area contributed by atoms with Crippen molar-refractivity contribution < 1.29 is 9.53 Å². The van der Waals surface area contributed by atoms with E-state index in [0.29, 0.717) is 12.3 Å². The van der Waals surface area contributed by atoms with Gasteiger partial charge in [0.1, 0.15) is 5.75 Å². The van der Waals surface area contributed by atoms with Gasteiger partial charge in [0.05, 0.1) is 17.4 Å². The minimum Gasteiger partial charge on any atom is -0.483 e. The molecule has 3 aromatic carbocycles. The van der Waals surface area contributed by atoms with Gasteiger partial charge in [0, 0.05) is 18.7 Å². The molecular weight excluding hydrogens is 362 g/mol. The Hall–Kier alpha value is -3.60. The summed E-state index contributed by atoms with van der Waals surface area (Å²) in [6, 6.07) is 25.8. The minimum absolute atomic E-state index is 0.00213. The Morgan fingerprint density at radius 3 is 2.59 bits per heavy atom. The maximum absolute atomic E-state index is 12.2. The van der Waals surface area contributed by atoms with Crippen LogP contribution >= 0.6 is 0 Å². The molecule has 29 heavy (non-hydrogen) atoms. The maximum atomic E-state index is 12.2. The first kappa shape index (κ1) is 18.7. The molecule has 5 nitrogen and oxygen atoms in total. The lowest BCUT2D eigenvalue weighted by atomic mass is 10.1. The van der Waals surface area contributed by atoms with Crippen LogP contribution in [0.25, 0.3) is 22.2 Å². The number of nitrogens with zero attached hydrogens (tertiary/aromatic N) is 2. The molecule has 1 aromatic heterocycles. The Morgan fingerprint density at radius 2 is 1.69 bits per heavy atom. The van der Waals surface area contributed by atoms with Gasteiger partial charge in [-0.15, -0.1) is 0 Å². The molecule has 146 valence electrons. The molecule has 4 aromatic rings. The number of fused-ring (bicyclic) bond motifs is 1. The number of aryl methyl sites for hydroxylation is 1. The monoisotopic (exact) mass is 385 g/mol. The van der Waals surface area contributed by atoms with E-state index in [1.54, 1.807) is 0 Å².